The van der Waals surface area contributed by atoms with Gasteiger partial charge in [0.1, 0.15) is 5.60 Å². The highest BCUT2D eigenvalue weighted by Crippen LogP contribution is 2.73. The first-order chi connectivity index (χ1) is 8.95. The van der Waals surface area contributed by atoms with E-state index < -0.39 is 11.4 Å². The van der Waals surface area contributed by atoms with Crippen LogP contribution in [0.4, 0.5) is 0 Å². The van der Waals surface area contributed by atoms with Crippen molar-refractivity contribution in [2.45, 2.75) is 82.9 Å². The minimum Gasteiger partial charge on any atom is -0.461 e. The van der Waals surface area contributed by atoms with Crippen molar-refractivity contribution in [1.29, 1.82) is 0 Å². The standard InChI is InChI=1S/C15H24O4/c1-4-14-15(18-14,19-14)10-13(3,17-11-16)12(2)8-6-5-7-9-12/h11H,4-10H2,1-3H3. The molecule has 0 N–H and O–H groups in total. The monoisotopic (exact) mass is 268 g/mol. The third-order valence-electron chi connectivity index (χ3n) is 5.73. The Morgan fingerprint density at radius 2 is 1.84 bits per heavy atom. The van der Waals surface area contributed by atoms with E-state index in [-0.39, 0.29) is 11.2 Å². The van der Waals surface area contributed by atoms with Crippen LogP contribution in [0.15, 0.2) is 0 Å². The van der Waals surface area contributed by atoms with Gasteiger partial charge in [-0.1, -0.05) is 33.1 Å². The lowest BCUT2D eigenvalue weighted by atomic mass is 9.63. The summed E-state index contributed by atoms with van der Waals surface area (Å²) in [6.07, 6.45) is 7.43. The third-order valence-corrected chi connectivity index (χ3v) is 5.73. The number of fused-ring (bicyclic) bond motifs is 1. The summed E-state index contributed by atoms with van der Waals surface area (Å²) in [5.41, 5.74) is -0.471. The molecule has 3 fully saturated rings. The van der Waals surface area contributed by atoms with Crippen LogP contribution in [0.1, 0.15) is 65.7 Å². The van der Waals surface area contributed by atoms with E-state index in [0.717, 1.165) is 19.3 Å². The van der Waals surface area contributed by atoms with Gasteiger partial charge in [-0.05, 0) is 19.8 Å². The molecule has 3 rings (SSSR count). The zero-order chi connectivity index (χ0) is 13.8. The fourth-order valence-corrected chi connectivity index (χ4v) is 3.92. The van der Waals surface area contributed by atoms with Crippen LogP contribution in [0.2, 0.25) is 0 Å². The summed E-state index contributed by atoms with van der Waals surface area (Å²) in [7, 11) is 0. The van der Waals surface area contributed by atoms with Crippen LogP contribution >= 0.6 is 0 Å². The molecule has 0 aromatic heterocycles. The maximum absolute atomic E-state index is 11.0. The molecule has 0 amide bonds. The molecule has 108 valence electrons. The molecule has 4 heteroatoms. The van der Waals surface area contributed by atoms with Gasteiger partial charge in [-0.25, -0.2) is 0 Å². The van der Waals surface area contributed by atoms with Crippen molar-refractivity contribution >= 4 is 6.47 Å². The van der Waals surface area contributed by atoms with Crippen molar-refractivity contribution in [1.82, 2.24) is 0 Å². The zero-order valence-corrected chi connectivity index (χ0v) is 12.2. The van der Waals surface area contributed by atoms with Crippen LogP contribution in [0.25, 0.3) is 0 Å². The van der Waals surface area contributed by atoms with E-state index in [1.807, 2.05) is 6.92 Å². The summed E-state index contributed by atoms with van der Waals surface area (Å²) in [5, 5.41) is 0. The number of rotatable bonds is 6. The molecule has 1 atom stereocenters. The lowest BCUT2D eigenvalue weighted by Gasteiger charge is -2.47. The van der Waals surface area contributed by atoms with E-state index in [1.54, 1.807) is 0 Å². The van der Waals surface area contributed by atoms with Crippen LogP contribution in [-0.4, -0.2) is 23.6 Å². The maximum atomic E-state index is 11.0. The molecule has 0 radical (unpaired) electrons. The highest BCUT2D eigenvalue weighted by molar-refractivity contribution is 5.39. The minimum atomic E-state index is -0.497. The first kappa shape index (κ1) is 13.4. The molecule has 0 aromatic rings. The second-order valence-electron chi connectivity index (χ2n) is 6.81. The Morgan fingerprint density at radius 1 is 1.21 bits per heavy atom. The Bertz CT molecular complexity index is 380. The van der Waals surface area contributed by atoms with Crippen LogP contribution in [0.3, 0.4) is 0 Å². The number of hydrogen-bond donors (Lipinski definition) is 0. The highest BCUT2D eigenvalue weighted by Gasteiger charge is 2.91. The van der Waals surface area contributed by atoms with Crippen molar-refractivity contribution < 1.29 is 19.0 Å². The van der Waals surface area contributed by atoms with Crippen LogP contribution < -0.4 is 0 Å². The topological polar surface area (TPSA) is 51.4 Å². The fraction of sp³-hybridized carbons (Fsp3) is 0.933. The first-order valence-corrected chi connectivity index (χ1v) is 7.47. The van der Waals surface area contributed by atoms with E-state index >= 15 is 0 Å². The van der Waals surface area contributed by atoms with E-state index in [2.05, 4.69) is 13.8 Å². The molecule has 2 heterocycles. The van der Waals surface area contributed by atoms with E-state index in [1.165, 1.54) is 19.3 Å². The molecular weight excluding hydrogens is 244 g/mol. The summed E-state index contributed by atoms with van der Waals surface area (Å²) >= 11 is 0. The average Bonchev–Trinajstić information content (AvgIpc) is 3.16. The van der Waals surface area contributed by atoms with Crippen molar-refractivity contribution in [2.24, 2.45) is 5.41 Å². The normalized spacial score (nSPS) is 41.8. The molecule has 1 aliphatic carbocycles. The number of hydrogen-bond acceptors (Lipinski definition) is 4. The first-order valence-electron chi connectivity index (χ1n) is 7.47. The molecule has 2 aliphatic heterocycles. The van der Waals surface area contributed by atoms with E-state index in [0.29, 0.717) is 12.9 Å². The molecule has 0 spiro atoms. The Labute approximate surface area is 114 Å². The van der Waals surface area contributed by atoms with Crippen molar-refractivity contribution in [3.63, 3.8) is 0 Å². The lowest BCUT2D eigenvalue weighted by molar-refractivity contribution is -0.179. The summed E-state index contributed by atoms with van der Waals surface area (Å²) in [5.74, 6) is -0.814. The van der Waals surface area contributed by atoms with E-state index in [9.17, 15) is 4.79 Å². The number of carbonyl (C=O) groups is 1. The van der Waals surface area contributed by atoms with Gasteiger partial charge in [0, 0.05) is 18.3 Å². The van der Waals surface area contributed by atoms with Gasteiger partial charge < -0.3 is 14.2 Å². The summed E-state index contributed by atoms with van der Waals surface area (Å²) in [6.45, 7) is 6.94. The fourth-order valence-electron chi connectivity index (χ4n) is 3.92. The van der Waals surface area contributed by atoms with Gasteiger partial charge in [-0.2, -0.15) is 0 Å². The number of ether oxygens (including phenoxy) is 3. The minimum absolute atomic E-state index is 0.0261. The Hall–Kier alpha value is -0.610. The molecule has 1 unspecified atom stereocenters. The molecular formula is C15H24O4. The molecule has 4 nitrogen and oxygen atoms in total. The van der Waals surface area contributed by atoms with Crippen LogP contribution in [0, 0.1) is 5.41 Å². The molecule has 0 aromatic carbocycles. The molecule has 0 bridgehead atoms. The van der Waals surface area contributed by atoms with Crippen molar-refractivity contribution in [3.05, 3.63) is 0 Å². The summed E-state index contributed by atoms with van der Waals surface area (Å²) < 4.78 is 16.9. The largest absolute Gasteiger partial charge is 0.461 e. The Balaban J connectivity index is 1.77. The third kappa shape index (κ3) is 1.76. The SMILES string of the molecule is CCC12OC1(CC(C)(OC=O)C1(C)CCCCC1)O2. The molecule has 3 aliphatic rings. The zero-order valence-electron chi connectivity index (χ0n) is 12.2. The second-order valence-corrected chi connectivity index (χ2v) is 6.81. The van der Waals surface area contributed by atoms with Gasteiger partial charge >= 0.3 is 0 Å². The Kier molecular flexibility index (Phi) is 2.78. The highest BCUT2D eigenvalue weighted by atomic mass is 17.0. The number of epoxide rings is 2. The molecule has 19 heavy (non-hydrogen) atoms. The van der Waals surface area contributed by atoms with Crippen LogP contribution in [0.5, 0.6) is 0 Å². The lowest BCUT2D eigenvalue weighted by Crippen LogP contribution is -2.49. The quantitative estimate of drug-likeness (QED) is 0.548. The van der Waals surface area contributed by atoms with Crippen molar-refractivity contribution in [2.75, 3.05) is 0 Å². The van der Waals surface area contributed by atoms with Gasteiger partial charge in [0.05, 0.1) is 0 Å². The van der Waals surface area contributed by atoms with Gasteiger partial charge in [0.25, 0.3) is 6.47 Å². The van der Waals surface area contributed by atoms with Gasteiger partial charge in [0.15, 0.2) is 0 Å². The smallest absolute Gasteiger partial charge is 0.293 e. The molecule has 1 saturated carbocycles. The number of carbonyl (C=O) groups excluding carboxylic acids is 1. The predicted molar refractivity (Wildman–Crippen MR) is 69.3 cm³/mol. The summed E-state index contributed by atoms with van der Waals surface area (Å²) in [4.78, 5) is 11.0. The maximum Gasteiger partial charge on any atom is 0.293 e. The van der Waals surface area contributed by atoms with Gasteiger partial charge in [-0.15, -0.1) is 0 Å². The molecule has 2 saturated heterocycles. The Morgan fingerprint density at radius 3 is 2.32 bits per heavy atom. The van der Waals surface area contributed by atoms with Gasteiger partial charge in [-0.3, -0.25) is 4.79 Å². The second kappa shape index (κ2) is 3.95. The summed E-state index contributed by atoms with van der Waals surface area (Å²) in [6, 6.07) is 0. The van der Waals surface area contributed by atoms with E-state index in [4.69, 9.17) is 14.2 Å². The average molecular weight is 268 g/mol. The van der Waals surface area contributed by atoms with Crippen LogP contribution in [-0.2, 0) is 19.0 Å². The van der Waals surface area contributed by atoms with Gasteiger partial charge in [0.2, 0.25) is 11.6 Å². The van der Waals surface area contributed by atoms with Crippen molar-refractivity contribution in [3.8, 4) is 0 Å². The predicted octanol–water partition coefficient (Wildman–Crippen LogP) is 3.14.